The molecule has 2 aromatic rings. The number of nitrogens with one attached hydrogen (secondary N) is 2. The molecular formula is C21H26N2O4. The molecule has 0 radical (unpaired) electrons. The van der Waals surface area contributed by atoms with Gasteiger partial charge in [-0.3, -0.25) is 10.1 Å². The zero-order valence-corrected chi connectivity index (χ0v) is 15.9. The van der Waals surface area contributed by atoms with Gasteiger partial charge >= 0.3 is 5.97 Å². The number of esters is 1. The number of methoxy groups -OCH3 is 1. The highest BCUT2D eigenvalue weighted by Crippen LogP contribution is 2.20. The van der Waals surface area contributed by atoms with Crippen molar-refractivity contribution in [2.75, 3.05) is 13.7 Å². The zero-order valence-electron chi connectivity index (χ0n) is 15.9. The van der Waals surface area contributed by atoms with E-state index in [1.165, 1.54) is 19.2 Å². The van der Waals surface area contributed by atoms with Crippen molar-refractivity contribution in [3.63, 3.8) is 0 Å². The Hall–Kier alpha value is -2.86. The molecule has 1 atom stereocenters. The quantitative estimate of drug-likeness (QED) is 0.622. The standard InChI is InChI=1S/C21H26N2O4/c1-14(2)12-23-20(25)17-8-4-6-15(10-17)13-22-19(21(26)27-3)16-7-5-9-18(24)11-16/h4-11,14,19,22,24H,12-13H2,1-3H3,(H,23,25)/t19-/m1/s1. The fraction of sp³-hybridized carbons (Fsp3) is 0.333. The molecule has 0 aliphatic heterocycles. The van der Waals surface area contributed by atoms with Gasteiger partial charge in [0.25, 0.3) is 5.91 Å². The summed E-state index contributed by atoms with van der Waals surface area (Å²) in [6, 6.07) is 13.0. The highest BCUT2D eigenvalue weighted by Gasteiger charge is 2.21. The normalized spacial score (nSPS) is 11.9. The molecule has 0 aliphatic carbocycles. The van der Waals surface area contributed by atoms with E-state index in [0.717, 1.165) is 5.56 Å². The molecule has 144 valence electrons. The average Bonchev–Trinajstić information content (AvgIpc) is 2.66. The van der Waals surface area contributed by atoms with Gasteiger partial charge < -0.3 is 15.2 Å². The average molecular weight is 370 g/mol. The summed E-state index contributed by atoms with van der Waals surface area (Å²) >= 11 is 0. The van der Waals surface area contributed by atoms with Crippen molar-refractivity contribution in [2.24, 2.45) is 5.92 Å². The van der Waals surface area contributed by atoms with Gasteiger partial charge in [-0.15, -0.1) is 0 Å². The molecule has 0 bridgehead atoms. The minimum Gasteiger partial charge on any atom is -0.508 e. The van der Waals surface area contributed by atoms with Crippen LogP contribution in [0.4, 0.5) is 0 Å². The van der Waals surface area contributed by atoms with Crippen LogP contribution in [0.3, 0.4) is 0 Å². The van der Waals surface area contributed by atoms with Crippen LogP contribution in [0, 0.1) is 5.92 Å². The van der Waals surface area contributed by atoms with Crippen LogP contribution in [0.1, 0.15) is 41.4 Å². The van der Waals surface area contributed by atoms with Crippen molar-refractivity contribution >= 4 is 11.9 Å². The van der Waals surface area contributed by atoms with Crippen LogP contribution < -0.4 is 10.6 Å². The largest absolute Gasteiger partial charge is 0.508 e. The smallest absolute Gasteiger partial charge is 0.327 e. The number of hydrogen-bond acceptors (Lipinski definition) is 5. The zero-order chi connectivity index (χ0) is 19.8. The van der Waals surface area contributed by atoms with Gasteiger partial charge in [-0.25, -0.2) is 4.79 Å². The Kier molecular flexibility index (Phi) is 7.37. The summed E-state index contributed by atoms with van der Waals surface area (Å²) in [4.78, 5) is 24.4. The molecule has 2 aromatic carbocycles. The molecule has 0 aliphatic rings. The van der Waals surface area contributed by atoms with Gasteiger partial charge in [0.05, 0.1) is 7.11 Å². The van der Waals surface area contributed by atoms with E-state index < -0.39 is 12.0 Å². The third-order valence-corrected chi connectivity index (χ3v) is 4.01. The molecule has 27 heavy (non-hydrogen) atoms. The number of phenols is 1. The number of benzene rings is 2. The number of amides is 1. The lowest BCUT2D eigenvalue weighted by Gasteiger charge is -2.17. The fourth-order valence-electron chi connectivity index (χ4n) is 2.60. The van der Waals surface area contributed by atoms with Gasteiger partial charge in [0.2, 0.25) is 0 Å². The van der Waals surface area contributed by atoms with Gasteiger partial charge in [-0.1, -0.05) is 38.1 Å². The minimum atomic E-state index is -0.722. The maximum absolute atomic E-state index is 12.2. The fourth-order valence-corrected chi connectivity index (χ4v) is 2.60. The summed E-state index contributed by atoms with van der Waals surface area (Å²) in [5.41, 5.74) is 2.04. The van der Waals surface area contributed by atoms with E-state index in [1.54, 1.807) is 24.3 Å². The van der Waals surface area contributed by atoms with E-state index in [9.17, 15) is 14.7 Å². The van der Waals surface area contributed by atoms with Crippen LogP contribution >= 0.6 is 0 Å². The van der Waals surface area contributed by atoms with Crippen molar-refractivity contribution in [1.82, 2.24) is 10.6 Å². The Morgan fingerprint density at radius 3 is 2.52 bits per heavy atom. The third kappa shape index (κ3) is 6.11. The summed E-state index contributed by atoms with van der Waals surface area (Å²) in [6.07, 6.45) is 0. The molecule has 1 amide bonds. The topological polar surface area (TPSA) is 87.7 Å². The Balaban J connectivity index is 2.09. The number of carbonyl (C=O) groups is 2. The summed E-state index contributed by atoms with van der Waals surface area (Å²) in [6.45, 7) is 5.05. The molecule has 0 saturated heterocycles. The molecule has 0 aromatic heterocycles. The molecule has 3 N–H and O–H groups in total. The van der Waals surface area contributed by atoms with Gasteiger partial charge in [-0.2, -0.15) is 0 Å². The van der Waals surface area contributed by atoms with E-state index in [0.29, 0.717) is 30.1 Å². The SMILES string of the molecule is COC(=O)[C@H](NCc1cccc(C(=O)NCC(C)C)c1)c1cccc(O)c1. The molecule has 2 rings (SSSR count). The predicted molar refractivity (Wildman–Crippen MR) is 103 cm³/mol. The van der Waals surface area contributed by atoms with Crippen molar-refractivity contribution in [3.8, 4) is 5.75 Å². The summed E-state index contributed by atoms with van der Waals surface area (Å²) in [5, 5.41) is 15.7. The van der Waals surface area contributed by atoms with Crippen LogP contribution in [-0.4, -0.2) is 30.6 Å². The lowest BCUT2D eigenvalue weighted by Crippen LogP contribution is -2.29. The lowest BCUT2D eigenvalue weighted by molar-refractivity contribution is -0.143. The first-order valence-corrected chi connectivity index (χ1v) is 8.88. The van der Waals surface area contributed by atoms with Crippen LogP contribution in [0.15, 0.2) is 48.5 Å². The number of hydrogen-bond donors (Lipinski definition) is 3. The number of ether oxygens (including phenoxy) is 1. The van der Waals surface area contributed by atoms with Crippen molar-refractivity contribution in [3.05, 3.63) is 65.2 Å². The van der Waals surface area contributed by atoms with E-state index in [4.69, 9.17) is 4.74 Å². The Morgan fingerprint density at radius 2 is 1.85 bits per heavy atom. The lowest BCUT2D eigenvalue weighted by atomic mass is 10.1. The van der Waals surface area contributed by atoms with Crippen LogP contribution in [0.5, 0.6) is 5.75 Å². The molecule has 0 spiro atoms. The van der Waals surface area contributed by atoms with Gasteiger partial charge in [-0.05, 0) is 41.3 Å². The summed E-state index contributed by atoms with van der Waals surface area (Å²) in [5.74, 6) is -0.122. The first-order chi connectivity index (χ1) is 12.9. The van der Waals surface area contributed by atoms with Crippen LogP contribution in [0.25, 0.3) is 0 Å². The number of aromatic hydroxyl groups is 1. The van der Waals surface area contributed by atoms with Gasteiger partial charge in [0, 0.05) is 18.7 Å². The maximum Gasteiger partial charge on any atom is 0.327 e. The number of phenolic OH excluding ortho intramolecular Hbond substituents is 1. The second-order valence-corrected chi connectivity index (χ2v) is 6.74. The molecule has 6 nitrogen and oxygen atoms in total. The van der Waals surface area contributed by atoms with Crippen LogP contribution in [-0.2, 0) is 16.1 Å². The number of carbonyl (C=O) groups excluding carboxylic acids is 2. The van der Waals surface area contributed by atoms with E-state index in [2.05, 4.69) is 10.6 Å². The third-order valence-electron chi connectivity index (χ3n) is 4.01. The Bertz CT molecular complexity index is 789. The molecule has 0 saturated carbocycles. The summed E-state index contributed by atoms with van der Waals surface area (Å²) in [7, 11) is 1.32. The number of rotatable bonds is 8. The molecular weight excluding hydrogens is 344 g/mol. The first-order valence-electron chi connectivity index (χ1n) is 8.88. The van der Waals surface area contributed by atoms with Gasteiger partial charge in [0.1, 0.15) is 11.8 Å². The van der Waals surface area contributed by atoms with Crippen molar-refractivity contribution in [1.29, 1.82) is 0 Å². The first kappa shape index (κ1) is 20.5. The second kappa shape index (κ2) is 9.73. The Labute approximate surface area is 159 Å². The predicted octanol–water partition coefficient (Wildman–Crippen LogP) is 2.78. The van der Waals surface area contributed by atoms with E-state index in [-0.39, 0.29) is 11.7 Å². The van der Waals surface area contributed by atoms with Crippen molar-refractivity contribution in [2.45, 2.75) is 26.4 Å². The van der Waals surface area contributed by atoms with Gasteiger partial charge in [0.15, 0.2) is 0 Å². The maximum atomic E-state index is 12.2. The molecule has 0 fully saturated rings. The van der Waals surface area contributed by atoms with Crippen LogP contribution in [0.2, 0.25) is 0 Å². The van der Waals surface area contributed by atoms with Crippen molar-refractivity contribution < 1.29 is 19.4 Å². The van der Waals surface area contributed by atoms with E-state index in [1.807, 2.05) is 26.0 Å². The summed E-state index contributed by atoms with van der Waals surface area (Å²) < 4.78 is 4.86. The molecule has 6 heteroatoms. The second-order valence-electron chi connectivity index (χ2n) is 6.74. The van der Waals surface area contributed by atoms with E-state index >= 15 is 0 Å². The highest BCUT2D eigenvalue weighted by atomic mass is 16.5. The monoisotopic (exact) mass is 370 g/mol. The molecule has 0 heterocycles. The Morgan fingerprint density at radius 1 is 1.11 bits per heavy atom. The highest BCUT2D eigenvalue weighted by molar-refractivity contribution is 5.94. The minimum absolute atomic E-state index is 0.0759. The molecule has 0 unspecified atom stereocenters.